The largest absolute Gasteiger partial charge is 0.493 e. The van der Waals surface area contributed by atoms with Crippen LogP contribution in [0.2, 0.25) is 0 Å². The Morgan fingerprint density at radius 3 is 2.62 bits per heavy atom. The maximum absolute atomic E-state index is 12.4. The molecule has 0 amide bonds. The van der Waals surface area contributed by atoms with E-state index in [1.165, 1.54) is 6.21 Å². The van der Waals surface area contributed by atoms with Gasteiger partial charge in [-0.3, -0.25) is 0 Å². The standard InChI is InChI=1S/C18H22N2O3S/c1-4-11-23-17-8-6-5-7-16(17)13-19-20-24(21,22)18-10-9-14(2)12-15(18)3/h5-10,12-13,20H,4,11H2,1-3H3/b19-13+. The molecule has 0 fully saturated rings. The fourth-order valence-electron chi connectivity index (χ4n) is 2.25. The first-order valence-corrected chi connectivity index (χ1v) is 9.26. The Morgan fingerprint density at radius 1 is 1.17 bits per heavy atom. The number of sulfonamides is 1. The lowest BCUT2D eigenvalue weighted by Gasteiger charge is -2.09. The number of benzene rings is 2. The maximum atomic E-state index is 12.4. The SMILES string of the molecule is CCCOc1ccccc1/C=N/NS(=O)(=O)c1ccc(C)cc1C. The molecule has 0 spiro atoms. The zero-order valence-electron chi connectivity index (χ0n) is 14.1. The van der Waals surface area contributed by atoms with Crippen molar-refractivity contribution in [2.45, 2.75) is 32.1 Å². The number of para-hydroxylation sites is 1. The third-order valence-electron chi connectivity index (χ3n) is 3.38. The van der Waals surface area contributed by atoms with Gasteiger partial charge in [0.2, 0.25) is 0 Å². The molecule has 0 bridgehead atoms. The quantitative estimate of drug-likeness (QED) is 0.617. The van der Waals surface area contributed by atoms with Gasteiger partial charge in [0.15, 0.2) is 0 Å². The average molecular weight is 346 g/mol. The third kappa shape index (κ3) is 4.58. The molecule has 2 aromatic carbocycles. The number of hydrogen-bond acceptors (Lipinski definition) is 4. The molecule has 0 aromatic heterocycles. The summed E-state index contributed by atoms with van der Waals surface area (Å²) in [4.78, 5) is 2.48. The van der Waals surface area contributed by atoms with Crippen molar-refractivity contribution >= 4 is 16.2 Å². The van der Waals surface area contributed by atoms with E-state index in [1.54, 1.807) is 19.1 Å². The highest BCUT2D eigenvalue weighted by molar-refractivity contribution is 7.89. The number of aryl methyl sites for hydroxylation is 2. The molecule has 0 saturated heterocycles. The van der Waals surface area contributed by atoms with E-state index in [2.05, 4.69) is 9.93 Å². The molecule has 1 N–H and O–H groups in total. The molecule has 0 radical (unpaired) electrons. The van der Waals surface area contributed by atoms with Crippen LogP contribution in [0.25, 0.3) is 0 Å². The van der Waals surface area contributed by atoms with E-state index in [0.29, 0.717) is 23.5 Å². The molecule has 0 aliphatic rings. The number of hydrazone groups is 1. The Kier molecular flexibility index (Phi) is 5.98. The van der Waals surface area contributed by atoms with Gasteiger partial charge in [0.05, 0.1) is 17.7 Å². The van der Waals surface area contributed by atoms with E-state index in [-0.39, 0.29) is 4.90 Å². The lowest BCUT2D eigenvalue weighted by atomic mass is 10.2. The Hall–Kier alpha value is -2.34. The monoisotopic (exact) mass is 346 g/mol. The third-order valence-corrected chi connectivity index (χ3v) is 4.76. The van der Waals surface area contributed by atoms with Crippen molar-refractivity contribution in [3.8, 4) is 5.75 Å². The molecule has 0 aliphatic carbocycles. The second-order valence-electron chi connectivity index (χ2n) is 5.51. The smallest absolute Gasteiger partial charge is 0.276 e. The highest BCUT2D eigenvalue weighted by atomic mass is 32.2. The van der Waals surface area contributed by atoms with Crippen LogP contribution >= 0.6 is 0 Å². The van der Waals surface area contributed by atoms with Crippen LogP contribution in [-0.2, 0) is 10.0 Å². The number of rotatable bonds is 7. The molecule has 6 heteroatoms. The molecule has 5 nitrogen and oxygen atoms in total. The van der Waals surface area contributed by atoms with Crippen molar-refractivity contribution < 1.29 is 13.2 Å². The Bertz CT molecular complexity index is 830. The summed E-state index contributed by atoms with van der Waals surface area (Å²) in [7, 11) is -3.70. The predicted molar refractivity (Wildman–Crippen MR) is 96.1 cm³/mol. The minimum absolute atomic E-state index is 0.223. The van der Waals surface area contributed by atoms with E-state index in [9.17, 15) is 8.42 Å². The molecule has 24 heavy (non-hydrogen) atoms. The van der Waals surface area contributed by atoms with Crippen molar-refractivity contribution in [3.63, 3.8) is 0 Å². The summed E-state index contributed by atoms with van der Waals surface area (Å²) >= 11 is 0. The molecule has 2 aromatic rings. The van der Waals surface area contributed by atoms with Crippen LogP contribution in [-0.4, -0.2) is 21.2 Å². The molecule has 0 atom stereocenters. The zero-order chi connectivity index (χ0) is 17.6. The van der Waals surface area contributed by atoms with Gasteiger partial charge in [-0.2, -0.15) is 13.5 Å². The van der Waals surface area contributed by atoms with E-state index in [1.807, 2.05) is 44.2 Å². The first-order chi connectivity index (χ1) is 11.4. The summed E-state index contributed by atoms with van der Waals surface area (Å²) in [6, 6.07) is 12.5. The highest BCUT2D eigenvalue weighted by Crippen LogP contribution is 2.17. The van der Waals surface area contributed by atoms with E-state index >= 15 is 0 Å². The Labute approximate surface area is 143 Å². The average Bonchev–Trinajstić information content (AvgIpc) is 2.53. The van der Waals surface area contributed by atoms with E-state index < -0.39 is 10.0 Å². The number of nitrogens with one attached hydrogen (secondary N) is 1. The van der Waals surface area contributed by atoms with Crippen molar-refractivity contribution in [2.75, 3.05) is 6.61 Å². The first kappa shape index (κ1) is 18.0. The molecule has 0 heterocycles. The lowest BCUT2D eigenvalue weighted by molar-refractivity contribution is 0.317. The second kappa shape index (κ2) is 7.97. The molecular weight excluding hydrogens is 324 g/mol. The van der Waals surface area contributed by atoms with Gasteiger partial charge in [0.1, 0.15) is 5.75 Å². The van der Waals surface area contributed by atoms with Crippen LogP contribution in [0.1, 0.15) is 30.0 Å². The van der Waals surface area contributed by atoms with Crippen LogP contribution in [0.5, 0.6) is 5.75 Å². The van der Waals surface area contributed by atoms with Gasteiger partial charge >= 0.3 is 0 Å². The highest BCUT2D eigenvalue weighted by Gasteiger charge is 2.15. The topological polar surface area (TPSA) is 67.8 Å². The fourth-order valence-corrected chi connectivity index (χ4v) is 3.27. The Balaban J connectivity index is 2.16. The first-order valence-electron chi connectivity index (χ1n) is 7.78. The molecule has 0 unspecified atom stereocenters. The molecule has 0 saturated carbocycles. The zero-order valence-corrected chi connectivity index (χ0v) is 14.9. The maximum Gasteiger partial charge on any atom is 0.276 e. The minimum atomic E-state index is -3.70. The predicted octanol–water partition coefficient (Wildman–Crippen LogP) is 3.40. The van der Waals surface area contributed by atoms with E-state index in [0.717, 1.165) is 12.0 Å². The van der Waals surface area contributed by atoms with E-state index in [4.69, 9.17) is 4.74 Å². The number of hydrogen-bond donors (Lipinski definition) is 1. The van der Waals surface area contributed by atoms with Gasteiger partial charge in [-0.15, -0.1) is 0 Å². The van der Waals surface area contributed by atoms with Crippen molar-refractivity contribution in [1.29, 1.82) is 0 Å². The van der Waals surface area contributed by atoms with Gasteiger partial charge < -0.3 is 4.74 Å². The van der Waals surface area contributed by atoms with Crippen molar-refractivity contribution in [2.24, 2.45) is 5.10 Å². The van der Waals surface area contributed by atoms with Crippen LogP contribution in [0.4, 0.5) is 0 Å². The number of nitrogens with zero attached hydrogens (tertiary/aromatic N) is 1. The van der Waals surface area contributed by atoms with Gasteiger partial charge in [0, 0.05) is 5.56 Å². The summed E-state index contributed by atoms with van der Waals surface area (Å²) in [5.41, 5.74) is 2.41. The summed E-state index contributed by atoms with van der Waals surface area (Å²) < 4.78 is 30.3. The van der Waals surface area contributed by atoms with Crippen molar-refractivity contribution in [1.82, 2.24) is 4.83 Å². The van der Waals surface area contributed by atoms with Crippen molar-refractivity contribution in [3.05, 3.63) is 59.2 Å². The van der Waals surface area contributed by atoms with Crippen LogP contribution < -0.4 is 9.57 Å². The molecule has 0 aliphatic heterocycles. The summed E-state index contributed by atoms with van der Waals surface area (Å²) in [6.07, 6.45) is 2.34. The van der Waals surface area contributed by atoms with Gasteiger partial charge in [-0.25, -0.2) is 4.83 Å². The second-order valence-corrected chi connectivity index (χ2v) is 7.14. The summed E-state index contributed by atoms with van der Waals surface area (Å²) in [6.45, 7) is 6.30. The van der Waals surface area contributed by atoms with Gasteiger partial charge in [-0.1, -0.05) is 36.8 Å². The fraction of sp³-hybridized carbons (Fsp3) is 0.278. The minimum Gasteiger partial charge on any atom is -0.493 e. The molecular formula is C18H22N2O3S. The normalized spacial score (nSPS) is 11.6. The summed E-state index contributed by atoms with van der Waals surface area (Å²) in [5, 5.41) is 3.88. The van der Waals surface area contributed by atoms with Gasteiger partial charge in [-0.05, 0) is 44.0 Å². The molecule has 2 rings (SSSR count). The van der Waals surface area contributed by atoms with Crippen LogP contribution in [0, 0.1) is 13.8 Å². The Morgan fingerprint density at radius 2 is 1.92 bits per heavy atom. The summed E-state index contributed by atoms with van der Waals surface area (Å²) in [5.74, 6) is 0.675. The van der Waals surface area contributed by atoms with Crippen LogP contribution in [0.15, 0.2) is 52.5 Å². The van der Waals surface area contributed by atoms with Crippen LogP contribution in [0.3, 0.4) is 0 Å². The molecule has 128 valence electrons. The van der Waals surface area contributed by atoms with Gasteiger partial charge in [0.25, 0.3) is 10.0 Å². The number of ether oxygens (including phenoxy) is 1. The lowest BCUT2D eigenvalue weighted by Crippen LogP contribution is -2.19.